The third-order valence-corrected chi connectivity index (χ3v) is 6.18. The molecule has 0 aliphatic carbocycles. The summed E-state index contributed by atoms with van der Waals surface area (Å²) in [6.45, 7) is 12.4. The van der Waals surface area contributed by atoms with Crippen LogP contribution in [-0.4, -0.2) is 67.7 Å². The van der Waals surface area contributed by atoms with E-state index in [-0.39, 0.29) is 22.3 Å². The number of rotatable bonds is 13. The molecule has 8 nitrogen and oxygen atoms in total. The highest BCUT2D eigenvalue weighted by Gasteiger charge is 2.57. The van der Waals surface area contributed by atoms with E-state index >= 15 is 0 Å². The molecule has 64 heavy (non-hydrogen) atoms. The third-order valence-electron chi connectivity index (χ3n) is 6.18. The summed E-state index contributed by atoms with van der Waals surface area (Å²) in [5.74, 6) is -37.1. The number of hydrogen-bond donors (Lipinski definition) is 0. The fourth-order valence-corrected chi connectivity index (χ4v) is 2.84. The molecule has 0 N–H and O–H groups in total. The Kier molecular flexibility index (Phi) is 23.1. The minimum atomic E-state index is -5.71. The lowest BCUT2D eigenvalue weighted by Gasteiger charge is -2.22. The van der Waals surface area contributed by atoms with Crippen molar-refractivity contribution in [2.45, 2.75) is 64.9 Å². The minimum absolute atomic E-state index is 0.0705. The van der Waals surface area contributed by atoms with Crippen LogP contribution in [0.25, 0.3) is 0 Å². The Bertz CT molecular complexity index is 2040. The average molecular weight is 969 g/mol. The molecule has 0 spiro atoms. The number of carbonyl (C=O) groups is 4. The molecule has 360 valence electrons. The molecular weight excluding hydrogens is 940 g/mol. The summed E-state index contributed by atoms with van der Waals surface area (Å²) >= 11 is 0. The van der Waals surface area contributed by atoms with E-state index in [0.717, 1.165) is 13.8 Å². The number of halogens is 20. The molecule has 0 aliphatic heterocycles. The van der Waals surface area contributed by atoms with Gasteiger partial charge in [-0.25, -0.2) is 67.5 Å². The largest absolute Gasteiger partial charge is 0.457 e. The van der Waals surface area contributed by atoms with Gasteiger partial charge >= 0.3 is 48.3 Å². The van der Waals surface area contributed by atoms with E-state index < -0.39 is 144 Å². The molecule has 0 fully saturated rings. The number of alkyl halides is 10. The Hall–Kier alpha value is -6.12. The zero-order valence-corrected chi connectivity index (χ0v) is 32.4. The van der Waals surface area contributed by atoms with Gasteiger partial charge in [-0.2, -0.15) is 39.5 Å². The molecule has 2 aromatic rings. The lowest BCUT2D eigenvalue weighted by molar-refractivity contribution is -0.253. The van der Waals surface area contributed by atoms with Crippen LogP contribution in [0.2, 0.25) is 0 Å². The van der Waals surface area contributed by atoms with Crippen molar-refractivity contribution in [1.29, 1.82) is 0 Å². The van der Waals surface area contributed by atoms with E-state index in [1.54, 1.807) is 0 Å². The van der Waals surface area contributed by atoms with Crippen LogP contribution in [0.15, 0.2) is 48.6 Å². The van der Waals surface area contributed by atoms with Crippen LogP contribution >= 0.6 is 0 Å². The Morgan fingerprint density at radius 1 is 0.453 bits per heavy atom. The summed E-state index contributed by atoms with van der Waals surface area (Å²) in [5, 5.41) is 0. The second-order valence-electron chi connectivity index (χ2n) is 11.9. The van der Waals surface area contributed by atoms with Crippen LogP contribution in [0.5, 0.6) is 5.75 Å². The molecule has 0 radical (unpaired) electrons. The van der Waals surface area contributed by atoms with E-state index in [4.69, 9.17) is 0 Å². The number of carbonyl (C=O) groups excluding carboxylic acids is 4. The summed E-state index contributed by atoms with van der Waals surface area (Å²) < 4.78 is 264. The van der Waals surface area contributed by atoms with Gasteiger partial charge in [-0.1, -0.05) is 26.3 Å². The van der Waals surface area contributed by atoms with Crippen molar-refractivity contribution in [1.82, 2.24) is 0 Å². The van der Waals surface area contributed by atoms with Gasteiger partial charge in [0.05, 0.1) is 5.56 Å². The molecule has 0 aromatic heterocycles. The van der Waals surface area contributed by atoms with E-state index in [1.807, 2.05) is 0 Å². The van der Waals surface area contributed by atoms with Crippen LogP contribution in [0, 0.1) is 58.2 Å². The van der Waals surface area contributed by atoms with Gasteiger partial charge in [0, 0.05) is 22.3 Å². The second-order valence-corrected chi connectivity index (χ2v) is 11.9. The molecule has 0 bridgehead atoms. The Morgan fingerprint density at radius 2 is 0.734 bits per heavy atom. The first-order valence-electron chi connectivity index (χ1n) is 15.9. The maximum atomic E-state index is 13.1. The van der Waals surface area contributed by atoms with Crippen molar-refractivity contribution in [3.63, 3.8) is 0 Å². The van der Waals surface area contributed by atoms with Crippen molar-refractivity contribution >= 4 is 23.9 Å². The quantitative estimate of drug-likeness (QED) is 0.0372. The monoisotopic (exact) mass is 968 g/mol. The van der Waals surface area contributed by atoms with E-state index in [2.05, 4.69) is 45.3 Å². The number of ether oxygens (including phenoxy) is 4. The smallest absolute Gasteiger partial charge is 0.425 e. The molecule has 1 unspecified atom stereocenters. The van der Waals surface area contributed by atoms with Gasteiger partial charge < -0.3 is 18.9 Å². The van der Waals surface area contributed by atoms with Gasteiger partial charge in [0.25, 0.3) is 6.17 Å². The normalized spacial score (nSPS) is 11.6. The van der Waals surface area contributed by atoms with Crippen molar-refractivity contribution in [2.75, 3.05) is 13.2 Å². The molecule has 0 heterocycles. The predicted molar refractivity (Wildman–Crippen MR) is 176 cm³/mol. The van der Waals surface area contributed by atoms with Gasteiger partial charge in [0.2, 0.25) is 40.7 Å². The standard InChI is InChI=1S/C11H7F5O2.C10H5F5O2.C8H8F6O2.C7H8F4O2/c1-4(2)11(17)18-3-5-6(12)8(14)10(16)9(15)7(5)13;1-3(2)10(16)17-9-7(14)5(12)4(11)6(13)8(9)15;1-4(2)5(15)16-3-7(10,11)6(9)8(12,13)14;1-4(2)5(12)13-3-7(10,11)6(8)9/h1,3H2,2H3;1H2,2H3;6H,1,3H2,2H3;6H,1,3H2,2H3. The Balaban J connectivity index is 0. The van der Waals surface area contributed by atoms with Gasteiger partial charge in [0.1, 0.15) is 6.61 Å². The van der Waals surface area contributed by atoms with E-state index in [1.165, 1.54) is 13.8 Å². The molecule has 2 rings (SSSR count). The van der Waals surface area contributed by atoms with Crippen molar-refractivity contribution in [2.24, 2.45) is 0 Å². The number of hydrogen-bond acceptors (Lipinski definition) is 8. The number of esters is 4. The first-order valence-corrected chi connectivity index (χ1v) is 15.9. The first-order chi connectivity index (χ1) is 28.8. The van der Waals surface area contributed by atoms with E-state index in [9.17, 15) is 107 Å². The molecular formula is C36H28F20O8. The van der Waals surface area contributed by atoms with Gasteiger partial charge in [-0.05, 0) is 27.7 Å². The second kappa shape index (κ2) is 24.7. The topological polar surface area (TPSA) is 105 Å². The van der Waals surface area contributed by atoms with Gasteiger partial charge in [0.15, 0.2) is 36.5 Å². The zero-order valence-electron chi connectivity index (χ0n) is 32.4. The fraction of sp³-hybridized carbons (Fsp3) is 0.333. The highest BCUT2D eigenvalue weighted by atomic mass is 19.4. The summed E-state index contributed by atoms with van der Waals surface area (Å²) in [6.07, 6.45) is -13.9. The first kappa shape index (κ1) is 60.0. The van der Waals surface area contributed by atoms with Crippen molar-refractivity contribution in [3.05, 3.63) is 112 Å². The molecule has 28 heteroatoms. The van der Waals surface area contributed by atoms with Crippen LogP contribution in [0.1, 0.15) is 33.3 Å². The molecule has 0 aliphatic rings. The zero-order chi connectivity index (χ0) is 51.2. The molecule has 0 amide bonds. The van der Waals surface area contributed by atoms with Crippen molar-refractivity contribution in [3.8, 4) is 5.75 Å². The predicted octanol–water partition coefficient (Wildman–Crippen LogP) is 10.5. The summed E-state index contributed by atoms with van der Waals surface area (Å²) in [7, 11) is 0. The summed E-state index contributed by atoms with van der Waals surface area (Å²) in [5.41, 5.74) is -1.93. The maximum Gasteiger partial charge on any atom is 0.425 e. The van der Waals surface area contributed by atoms with Crippen LogP contribution in [0.4, 0.5) is 87.8 Å². The molecule has 2 aromatic carbocycles. The average Bonchev–Trinajstić information content (AvgIpc) is 3.20. The highest BCUT2D eigenvalue weighted by Crippen LogP contribution is 2.35. The lowest BCUT2D eigenvalue weighted by atomic mass is 10.2. The van der Waals surface area contributed by atoms with Crippen molar-refractivity contribution < 1.29 is 126 Å². The van der Waals surface area contributed by atoms with E-state index in [0.29, 0.717) is 0 Å². The molecule has 0 saturated heterocycles. The third kappa shape index (κ3) is 17.9. The van der Waals surface area contributed by atoms with Crippen LogP contribution in [0.3, 0.4) is 0 Å². The Labute approximate surface area is 346 Å². The Morgan fingerprint density at radius 3 is 1.03 bits per heavy atom. The lowest BCUT2D eigenvalue weighted by Crippen LogP contribution is -2.45. The SMILES string of the molecule is C=C(C)C(=O)OCC(F)(F)C(F)C(F)(F)F.C=C(C)C(=O)OCC(F)(F)C(F)F.C=C(C)C(=O)OCc1c(F)c(F)c(F)c(F)c1F.C=C(C)C(=O)Oc1c(F)c(F)c(F)c(F)c1F. The van der Waals surface area contributed by atoms with Gasteiger partial charge in [-0.15, -0.1) is 0 Å². The maximum absolute atomic E-state index is 13.1. The molecule has 0 saturated carbocycles. The highest BCUT2D eigenvalue weighted by molar-refractivity contribution is 5.89. The summed E-state index contributed by atoms with van der Waals surface area (Å²) in [4.78, 5) is 43.0. The molecule has 1 atom stereocenters. The fourth-order valence-electron chi connectivity index (χ4n) is 2.84. The minimum Gasteiger partial charge on any atom is -0.457 e. The van der Waals surface area contributed by atoms with Crippen LogP contribution < -0.4 is 4.74 Å². The van der Waals surface area contributed by atoms with Gasteiger partial charge in [-0.3, -0.25) is 0 Å². The van der Waals surface area contributed by atoms with Crippen LogP contribution in [-0.2, 0) is 40.0 Å². The summed E-state index contributed by atoms with van der Waals surface area (Å²) in [6, 6.07) is 0. The number of benzene rings is 2.